The van der Waals surface area contributed by atoms with Crippen molar-refractivity contribution in [3.05, 3.63) is 40.8 Å². The lowest BCUT2D eigenvalue weighted by Crippen LogP contribution is -2.40. The van der Waals surface area contributed by atoms with E-state index in [1.54, 1.807) is 25.3 Å². The second-order valence-electron chi connectivity index (χ2n) is 6.21. The van der Waals surface area contributed by atoms with Gasteiger partial charge in [-0.15, -0.1) is 0 Å². The molecule has 3 rings (SSSR count). The molecular formula is C17H21N5O4S. The number of nitrogens with zero attached hydrogens (tertiary/aromatic N) is 4. The highest BCUT2D eigenvalue weighted by atomic mass is 32.2. The Morgan fingerprint density at radius 2 is 1.93 bits per heavy atom. The predicted molar refractivity (Wildman–Crippen MR) is 101 cm³/mol. The molecule has 1 fully saturated rings. The van der Waals surface area contributed by atoms with E-state index in [0.717, 1.165) is 4.68 Å². The predicted octanol–water partition coefficient (Wildman–Crippen LogP) is -0.324. The largest absolute Gasteiger partial charge is 0.355 e. The maximum absolute atomic E-state index is 11.9. The fraction of sp³-hybridized carbons (Fsp3) is 0.412. The molecule has 1 aliphatic heterocycles. The van der Waals surface area contributed by atoms with Crippen LogP contribution in [0.1, 0.15) is 6.92 Å². The van der Waals surface area contributed by atoms with Gasteiger partial charge in [0.05, 0.1) is 17.2 Å². The zero-order valence-corrected chi connectivity index (χ0v) is 15.8. The van der Waals surface area contributed by atoms with Crippen LogP contribution < -0.4 is 15.8 Å². The van der Waals surface area contributed by atoms with Crippen molar-refractivity contribution < 1.29 is 13.2 Å². The average Bonchev–Trinajstić information content (AvgIpc) is 2.64. The van der Waals surface area contributed by atoms with Crippen molar-refractivity contribution in [1.29, 1.82) is 0 Å². The molecule has 0 saturated carbocycles. The first-order chi connectivity index (χ1) is 12.9. The van der Waals surface area contributed by atoms with Crippen molar-refractivity contribution in [3.8, 4) is 11.3 Å². The summed E-state index contributed by atoms with van der Waals surface area (Å²) in [7, 11) is -2.94. The Bertz CT molecular complexity index is 971. The monoisotopic (exact) mass is 391 g/mol. The van der Waals surface area contributed by atoms with Crippen molar-refractivity contribution in [2.24, 2.45) is 0 Å². The van der Waals surface area contributed by atoms with Gasteiger partial charge in [-0.3, -0.25) is 9.59 Å². The van der Waals surface area contributed by atoms with Crippen LogP contribution in [0.5, 0.6) is 0 Å². The maximum Gasteiger partial charge on any atom is 0.267 e. The molecule has 0 unspecified atom stereocenters. The van der Waals surface area contributed by atoms with E-state index in [9.17, 15) is 18.0 Å². The Morgan fingerprint density at radius 1 is 1.19 bits per heavy atom. The van der Waals surface area contributed by atoms with Crippen LogP contribution in [0.4, 0.5) is 5.82 Å². The summed E-state index contributed by atoms with van der Waals surface area (Å²) < 4.78 is 24.2. The van der Waals surface area contributed by atoms with Crippen molar-refractivity contribution in [3.63, 3.8) is 0 Å². The maximum atomic E-state index is 11.9. The molecule has 0 spiro atoms. The third-order valence-electron chi connectivity index (χ3n) is 4.25. The third kappa shape index (κ3) is 4.70. The number of nitrogens with one attached hydrogen (secondary N) is 1. The molecule has 144 valence electrons. The van der Waals surface area contributed by atoms with Gasteiger partial charge in [-0.05, 0) is 25.1 Å². The fourth-order valence-corrected chi connectivity index (χ4v) is 3.97. The summed E-state index contributed by atoms with van der Waals surface area (Å²) in [5, 5.41) is 6.87. The molecule has 2 aromatic heterocycles. The van der Waals surface area contributed by atoms with E-state index in [1.165, 1.54) is 6.07 Å². The smallest absolute Gasteiger partial charge is 0.267 e. The highest BCUT2D eigenvalue weighted by Gasteiger charge is 2.22. The summed E-state index contributed by atoms with van der Waals surface area (Å²) in [5.41, 5.74) is 0.872. The molecule has 9 nitrogen and oxygen atoms in total. The number of amides is 1. The van der Waals surface area contributed by atoms with Gasteiger partial charge in [0, 0.05) is 37.5 Å². The first-order valence-corrected chi connectivity index (χ1v) is 10.5. The number of likely N-dealkylation sites (N-methyl/N-ethyl adjacent to an activating group) is 1. The van der Waals surface area contributed by atoms with Gasteiger partial charge in [0.1, 0.15) is 12.4 Å². The minimum Gasteiger partial charge on any atom is -0.355 e. The molecule has 0 aromatic carbocycles. The topological polar surface area (TPSA) is 114 Å². The van der Waals surface area contributed by atoms with E-state index in [0.29, 0.717) is 36.7 Å². The summed E-state index contributed by atoms with van der Waals surface area (Å²) in [5.74, 6) is 0.674. The van der Waals surface area contributed by atoms with E-state index in [-0.39, 0.29) is 29.5 Å². The van der Waals surface area contributed by atoms with Gasteiger partial charge in [-0.1, -0.05) is 0 Å². The fourth-order valence-electron chi connectivity index (χ4n) is 2.77. The van der Waals surface area contributed by atoms with Crippen molar-refractivity contribution in [2.75, 3.05) is 36.0 Å². The van der Waals surface area contributed by atoms with Crippen molar-refractivity contribution >= 4 is 21.6 Å². The molecule has 0 aliphatic carbocycles. The van der Waals surface area contributed by atoms with Crippen LogP contribution in [-0.2, 0) is 21.2 Å². The highest BCUT2D eigenvalue weighted by Crippen LogP contribution is 2.19. The third-order valence-corrected chi connectivity index (χ3v) is 5.86. The van der Waals surface area contributed by atoms with Crippen LogP contribution in [0.25, 0.3) is 11.3 Å². The number of carbonyl (C=O) groups excluding carboxylic acids is 1. The number of carbonyl (C=O) groups is 1. The van der Waals surface area contributed by atoms with Gasteiger partial charge >= 0.3 is 0 Å². The molecule has 3 heterocycles. The van der Waals surface area contributed by atoms with Gasteiger partial charge in [0.15, 0.2) is 9.84 Å². The van der Waals surface area contributed by atoms with Crippen LogP contribution in [0, 0.1) is 0 Å². The molecule has 2 aromatic rings. The van der Waals surface area contributed by atoms with Gasteiger partial charge < -0.3 is 10.2 Å². The van der Waals surface area contributed by atoms with Gasteiger partial charge in [-0.25, -0.2) is 18.1 Å². The number of sulfone groups is 1. The summed E-state index contributed by atoms with van der Waals surface area (Å²) in [6.07, 6.45) is 1.63. The number of aromatic nitrogens is 3. The highest BCUT2D eigenvalue weighted by molar-refractivity contribution is 7.91. The lowest BCUT2D eigenvalue weighted by atomic mass is 10.2. The second kappa shape index (κ2) is 7.87. The molecule has 27 heavy (non-hydrogen) atoms. The average molecular weight is 391 g/mol. The molecule has 0 bridgehead atoms. The summed E-state index contributed by atoms with van der Waals surface area (Å²) in [4.78, 5) is 29.9. The Kier molecular flexibility index (Phi) is 5.54. The molecule has 1 aliphatic rings. The van der Waals surface area contributed by atoms with Gasteiger partial charge in [0.25, 0.3) is 5.56 Å². The molecule has 0 atom stereocenters. The van der Waals surface area contributed by atoms with E-state index < -0.39 is 9.84 Å². The molecule has 1 amide bonds. The summed E-state index contributed by atoms with van der Waals surface area (Å²) >= 11 is 0. The Hall–Kier alpha value is -2.75. The van der Waals surface area contributed by atoms with Gasteiger partial charge in [-0.2, -0.15) is 5.10 Å². The van der Waals surface area contributed by atoms with Crippen LogP contribution in [0.2, 0.25) is 0 Å². The molecule has 0 radical (unpaired) electrons. The lowest BCUT2D eigenvalue weighted by Gasteiger charge is -2.27. The van der Waals surface area contributed by atoms with Crippen LogP contribution in [0.15, 0.2) is 35.3 Å². The number of hydrogen-bond donors (Lipinski definition) is 1. The number of anilines is 1. The first-order valence-electron chi connectivity index (χ1n) is 8.64. The Labute approximate surface area is 156 Å². The normalized spacial score (nSPS) is 16.1. The van der Waals surface area contributed by atoms with Crippen LogP contribution in [0.3, 0.4) is 0 Å². The van der Waals surface area contributed by atoms with Gasteiger partial charge in [0.2, 0.25) is 5.91 Å². The van der Waals surface area contributed by atoms with Crippen LogP contribution in [-0.4, -0.2) is 60.2 Å². The van der Waals surface area contributed by atoms with E-state index >= 15 is 0 Å². The van der Waals surface area contributed by atoms with E-state index in [1.807, 2.05) is 11.0 Å². The van der Waals surface area contributed by atoms with E-state index in [4.69, 9.17) is 0 Å². The molecule has 1 saturated heterocycles. The second-order valence-corrected chi connectivity index (χ2v) is 8.52. The molecule has 1 N–H and O–H groups in total. The first kappa shape index (κ1) is 19.0. The van der Waals surface area contributed by atoms with E-state index in [2.05, 4.69) is 15.4 Å². The Balaban J connectivity index is 1.77. The minimum atomic E-state index is -2.94. The molecular weight excluding hydrogens is 370 g/mol. The van der Waals surface area contributed by atoms with Crippen molar-refractivity contribution in [2.45, 2.75) is 13.5 Å². The number of rotatable bonds is 5. The number of pyridine rings is 1. The molecule has 10 heteroatoms. The van der Waals surface area contributed by atoms with Crippen LogP contribution >= 0.6 is 0 Å². The zero-order valence-electron chi connectivity index (χ0n) is 15.0. The lowest BCUT2D eigenvalue weighted by molar-refractivity contribution is -0.121. The standard InChI is InChI=1S/C17H21N5O4S/c1-2-18-16(23)12-22-17(24)6-4-14(20-22)13-3-5-15(19-11-13)21-7-9-27(25,26)10-8-21/h3-6,11H,2,7-10,12H2,1H3,(H,18,23). The van der Waals surface area contributed by atoms with Crippen molar-refractivity contribution in [1.82, 2.24) is 20.1 Å². The number of hydrogen-bond acceptors (Lipinski definition) is 7. The Morgan fingerprint density at radius 3 is 2.56 bits per heavy atom. The quantitative estimate of drug-likeness (QED) is 0.743. The summed E-state index contributed by atoms with van der Waals surface area (Å²) in [6, 6.07) is 6.56. The summed E-state index contributed by atoms with van der Waals surface area (Å²) in [6.45, 7) is 2.98. The zero-order chi connectivity index (χ0) is 19.4. The minimum absolute atomic E-state index is 0.128. The SMILES string of the molecule is CCNC(=O)Cn1nc(-c2ccc(N3CCS(=O)(=O)CC3)nc2)ccc1=O.